The van der Waals surface area contributed by atoms with Gasteiger partial charge in [-0.15, -0.1) is 0 Å². The van der Waals surface area contributed by atoms with Crippen molar-refractivity contribution in [3.05, 3.63) is 0 Å². The third kappa shape index (κ3) is 7.35. The van der Waals surface area contributed by atoms with Crippen LogP contribution in [0.1, 0.15) is 22.2 Å². The first-order valence-corrected chi connectivity index (χ1v) is 6.59. The second-order valence-corrected chi connectivity index (χ2v) is 4.03. The molecule has 0 aliphatic carbocycles. The Bertz CT molecular complexity index is 98.1. The van der Waals surface area contributed by atoms with Gasteiger partial charge in [0.2, 0.25) is 0 Å². The Balaban J connectivity index is 0. The second kappa shape index (κ2) is 10.4. The predicted molar refractivity (Wildman–Crippen MR) is 65.8 cm³/mol. The number of thioether (sulfide) groups is 1. The Kier molecular flexibility index (Phi) is 10.6. The minimum atomic E-state index is 0. The van der Waals surface area contributed by atoms with Crippen LogP contribution in [0.3, 0.4) is 0 Å². The highest BCUT2D eigenvalue weighted by Crippen LogP contribution is 2.07. The Hall–Kier alpha value is 0.270. The van der Waals surface area contributed by atoms with E-state index in [0.29, 0.717) is 0 Å². The fourth-order valence-electron chi connectivity index (χ4n) is 1.24. The molecule has 0 aromatic heterocycles. The van der Waals surface area contributed by atoms with Crippen LogP contribution in [-0.4, -0.2) is 49.1 Å². The summed E-state index contributed by atoms with van der Waals surface area (Å²) >= 11 is 2.08. The van der Waals surface area contributed by atoms with E-state index in [9.17, 15) is 0 Å². The van der Waals surface area contributed by atoms with Gasteiger partial charge in [-0.25, -0.2) is 0 Å². The lowest BCUT2D eigenvalue weighted by atomic mass is 10.4. The van der Waals surface area contributed by atoms with Gasteiger partial charge >= 0.3 is 0 Å². The van der Waals surface area contributed by atoms with E-state index in [-0.39, 0.29) is 1.43 Å². The van der Waals surface area contributed by atoms with Crippen molar-refractivity contribution in [1.29, 1.82) is 0 Å². The van der Waals surface area contributed by atoms with E-state index in [4.69, 9.17) is 0 Å². The highest BCUT2D eigenvalue weighted by molar-refractivity contribution is 7.99. The molecule has 1 saturated heterocycles. The minimum Gasteiger partial charge on any atom is -0.316 e. The smallest absolute Gasteiger partial charge is 0.0107 e. The van der Waals surface area contributed by atoms with Crippen LogP contribution in [0, 0.1) is 0 Å². The monoisotopic (exact) mass is 206 g/mol. The zero-order valence-electron chi connectivity index (χ0n) is 9.31. The van der Waals surface area contributed by atoms with Crippen LogP contribution in [0.25, 0.3) is 0 Å². The third-order valence-electron chi connectivity index (χ3n) is 1.96. The van der Waals surface area contributed by atoms with Crippen molar-refractivity contribution in [2.75, 3.05) is 44.2 Å². The molecule has 1 heterocycles. The first-order valence-electron chi connectivity index (χ1n) is 5.44. The van der Waals surface area contributed by atoms with Crippen molar-refractivity contribution in [2.45, 2.75) is 20.8 Å². The van der Waals surface area contributed by atoms with Gasteiger partial charge in [0, 0.05) is 39.1 Å². The average Bonchev–Trinajstić information content (AvgIpc) is 2.23. The number of hydrogen-bond acceptors (Lipinski definition) is 3. The van der Waals surface area contributed by atoms with Crippen molar-refractivity contribution in [2.24, 2.45) is 0 Å². The largest absolute Gasteiger partial charge is 0.316 e. The first-order chi connectivity index (χ1) is 6.43. The molecule has 82 valence electrons. The zero-order chi connectivity index (χ0) is 9.94. The molecule has 0 aromatic carbocycles. The maximum absolute atomic E-state index is 3.35. The van der Waals surface area contributed by atoms with E-state index in [1.165, 1.54) is 31.1 Å². The summed E-state index contributed by atoms with van der Waals surface area (Å²) in [6.07, 6.45) is 0. The Labute approximate surface area is 88.9 Å². The first kappa shape index (κ1) is 13.3. The van der Waals surface area contributed by atoms with Crippen molar-refractivity contribution in [1.82, 2.24) is 10.2 Å². The summed E-state index contributed by atoms with van der Waals surface area (Å²) < 4.78 is 0. The molecule has 0 saturated carbocycles. The lowest BCUT2D eigenvalue weighted by Crippen LogP contribution is -2.37. The van der Waals surface area contributed by atoms with Crippen molar-refractivity contribution in [3.8, 4) is 0 Å². The molecule has 1 N–H and O–H groups in total. The summed E-state index contributed by atoms with van der Waals surface area (Å²) in [4.78, 5) is 2.54. The number of likely N-dealkylation sites (N-methyl/N-ethyl adjacent to an activating group) is 1. The Morgan fingerprint density at radius 3 is 2.46 bits per heavy atom. The van der Waals surface area contributed by atoms with Crippen LogP contribution in [0.15, 0.2) is 0 Å². The van der Waals surface area contributed by atoms with Gasteiger partial charge in [0.1, 0.15) is 0 Å². The van der Waals surface area contributed by atoms with E-state index in [0.717, 1.165) is 13.1 Å². The lowest BCUT2D eigenvalue weighted by Gasteiger charge is -2.25. The normalized spacial score (nSPS) is 17.8. The predicted octanol–water partition coefficient (Wildman–Crippen LogP) is 1.92. The summed E-state index contributed by atoms with van der Waals surface area (Å²) in [5, 5.41) is 3.35. The van der Waals surface area contributed by atoms with Gasteiger partial charge < -0.3 is 10.2 Å². The highest BCUT2D eigenvalue weighted by Gasteiger charge is 2.08. The van der Waals surface area contributed by atoms with Gasteiger partial charge in [0.15, 0.2) is 0 Å². The molecule has 2 nitrogen and oxygen atoms in total. The highest BCUT2D eigenvalue weighted by atomic mass is 32.2. The van der Waals surface area contributed by atoms with E-state index in [2.05, 4.69) is 28.9 Å². The molecule has 3 heteroatoms. The molecular weight excluding hydrogens is 180 g/mol. The maximum Gasteiger partial charge on any atom is 0.0107 e. The van der Waals surface area contributed by atoms with E-state index in [1.54, 1.807) is 0 Å². The second-order valence-electron chi connectivity index (χ2n) is 2.81. The SMILES string of the molecule is CC.CCNCCN1CCSCC1.[HH]. The van der Waals surface area contributed by atoms with Gasteiger partial charge in [-0.3, -0.25) is 0 Å². The van der Waals surface area contributed by atoms with E-state index < -0.39 is 0 Å². The number of nitrogens with one attached hydrogen (secondary N) is 1. The van der Waals surface area contributed by atoms with Gasteiger partial charge in [-0.2, -0.15) is 11.8 Å². The minimum absolute atomic E-state index is 0. The molecule has 1 rings (SSSR count). The van der Waals surface area contributed by atoms with Crippen LogP contribution < -0.4 is 5.32 Å². The summed E-state index contributed by atoms with van der Waals surface area (Å²) in [6.45, 7) is 12.2. The molecule has 13 heavy (non-hydrogen) atoms. The Morgan fingerprint density at radius 1 is 1.31 bits per heavy atom. The third-order valence-corrected chi connectivity index (χ3v) is 2.90. The molecule has 0 amide bonds. The molecule has 0 atom stereocenters. The molecule has 0 aromatic rings. The molecule has 0 bridgehead atoms. The fourth-order valence-corrected chi connectivity index (χ4v) is 2.22. The van der Waals surface area contributed by atoms with Crippen LogP contribution in [0.4, 0.5) is 0 Å². The van der Waals surface area contributed by atoms with E-state index >= 15 is 0 Å². The molecule has 0 spiro atoms. The topological polar surface area (TPSA) is 15.3 Å². The van der Waals surface area contributed by atoms with Crippen molar-refractivity contribution < 1.29 is 1.43 Å². The molecule has 1 aliphatic heterocycles. The van der Waals surface area contributed by atoms with Gasteiger partial charge in [0.25, 0.3) is 0 Å². The number of rotatable bonds is 4. The molecular formula is C10H26N2S. The molecule has 1 aliphatic rings. The van der Waals surface area contributed by atoms with Crippen LogP contribution in [0.2, 0.25) is 0 Å². The summed E-state index contributed by atoms with van der Waals surface area (Å²) in [5.74, 6) is 2.65. The maximum atomic E-state index is 3.35. The Morgan fingerprint density at radius 2 is 1.92 bits per heavy atom. The lowest BCUT2D eigenvalue weighted by molar-refractivity contribution is 0.302. The molecule has 0 unspecified atom stereocenters. The number of hydrogen-bond donors (Lipinski definition) is 1. The standard InChI is InChI=1S/C8H18N2S.C2H6.H2/c1-2-9-3-4-10-5-7-11-8-6-10;1-2;/h9H,2-8H2,1H3;1-2H3;1H. The quantitative estimate of drug-likeness (QED) is 0.708. The molecule has 0 radical (unpaired) electrons. The molecule has 1 fully saturated rings. The van der Waals surface area contributed by atoms with Gasteiger partial charge in [0.05, 0.1) is 0 Å². The van der Waals surface area contributed by atoms with Gasteiger partial charge in [-0.05, 0) is 6.54 Å². The fraction of sp³-hybridized carbons (Fsp3) is 1.00. The van der Waals surface area contributed by atoms with Crippen LogP contribution in [0.5, 0.6) is 0 Å². The summed E-state index contributed by atoms with van der Waals surface area (Å²) in [5.41, 5.74) is 0. The van der Waals surface area contributed by atoms with Crippen LogP contribution in [-0.2, 0) is 0 Å². The zero-order valence-corrected chi connectivity index (χ0v) is 10.1. The van der Waals surface area contributed by atoms with Crippen LogP contribution >= 0.6 is 11.8 Å². The van der Waals surface area contributed by atoms with Crippen molar-refractivity contribution >= 4 is 11.8 Å². The van der Waals surface area contributed by atoms with E-state index in [1.807, 2.05) is 13.8 Å². The average molecular weight is 206 g/mol. The summed E-state index contributed by atoms with van der Waals surface area (Å²) in [6, 6.07) is 0. The number of nitrogens with zero attached hydrogens (tertiary/aromatic N) is 1. The van der Waals surface area contributed by atoms with Gasteiger partial charge in [-0.1, -0.05) is 20.8 Å². The van der Waals surface area contributed by atoms with Crippen molar-refractivity contribution in [3.63, 3.8) is 0 Å². The summed E-state index contributed by atoms with van der Waals surface area (Å²) in [7, 11) is 0.